The Bertz CT molecular complexity index is 640. The lowest BCUT2D eigenvalue weighted by atomic mass is 10.0. The zero-order valence-electron chi connectivity index (χ0n) is 13.3. The SMILES string of the molecule is CCCCS(=O)(=O)NC1CCN(C(=O)c2cccc(Cl)c2)CC1. The number of benzene rings is 1. The van der Waals surface area contributed by atoms with Gasteiger partial charge in [-0.05, 0) is 37.5 Å². The van der Waals surface area contributed by atoms with Crippen molar-refractivity contribution >= 4 is 27.5 Å². The van der Waals surface area contributed by atoms with Gasteiger partial charge in [-0.3, -0.25) is 4.79 Å². The summed E-state index contributed by atoms with van der Waals surface area (Å²) >= 11 is 5.92. The van der Waals surface area contributed by atoms with Crippen LogP contribution >= 0.6 is 11.6 Å². The Hall–Kier alpha value is -1.11. The molecule has 0 radical (unpaired) electrons. The molecule has 1 saturated heterocycles. The van der Waals surface area contributed by atoms with E-state index >= 15 is 0 Å². The van der Waals surface area contributed by atoms with Crippen molar-refractivity contribution in [3.8, 4) is 0 Å². The highest BCUT2D eigenvalue weighted by Gasteiger charge is 2.26. The van der Waals surface area contributed by atoms with Crippen molar-refractivity contribution in [3.05, 3.63) is 34.9 Å². The van der Waals surface area contributed by atoms with Gasteiger partial charge in [-0.15, -0.1) is 0 Å². The molecule has 0 aliphatic carbocycles. The Morgan fingerprint density at radius 2 is 2.04 bits per heavy atom. The Balaban J connectivity index is 1.87. The van der Waals surface area contributed by atoms with Crippen molar-refractivity contribution < 1.29 is 13.2 Å². The molecule has 0 saturated carbocycles. The average molecular weight is 359 g/mol. The zero-order valence-corrected chi connectivity index (χ0v) is 14.9. The second kappa shape index (κ2) is 8.13. The fourth-order valence-electron chi connectivity index (χ4n) is 2.65. The van der Waals surface area contributed by atoms with Crippen molar-refractivity contribution in [2.24, 2.45) is 0 Å². The van der Waals surface area contributed by atoms with Crippen LogP contribution in [0.15, 0.2) is 24.3 Å². The van der Waals surface area contributed by atoms with Gasteiger partial charge in [-0.25, -0.2) is 13.1 Å². The van der Waals surface area contributed by atoms with E-state index in [4.69, 9.17) is 11.6 Å². The third-order valence-electron chi connectivity index (χ3n) is 3.97. The first-order valence-corrected chi connectivity index (χ1v) is 9.99. The summed E-state index contributed by atoms with van der Waals surface area (Å²) in [6.07, 6.45) is 2.80. The normalized spacial score (nSPS) is 16.5. The number of rotatable bonds is 6. The van der Waals surface area contributed by atoms with Crippen molar-refractivity contribution in [2.45, 2.75) is 38.6 Å². The fraction of sp³-hybridized carbons (Fsp3) is 0.562. The monoisotopic (exact) mass is 358 g/mol. The molecule has 23 heavy (non-hydrogen) atoms. The third kappa shape index (κ3) is 5.48. The number of sulfonamides is 1. The Morgan fingerprint density at radius 3 is 2.65 bits per heavy atom. The maximum Gasteiger partial charge on any atom is 0.253 e. The van der Waals surface area contributed by atoms with Gasteiger partial charge >= 0.3 is 0 Å². The molecule has 2 rings (SSSR count). The second-order valence-corrected chi connectivity index (χ2v) is 8.18. The molecule has 1 amide bonds. The molecule has 0 atom stereocenters. The number of nitrogens with one attached hydrogen (secondary N) is 1. The van der Waals surface area contributed by atoms with E-state index in [-0.39, 0.29) is 17.7 Å². The number of halogens is 1. The van der Waals surface area contributed by atoms with E-state index in [1.54, 1.807) is 29.2 Å². The summed E-state index contributed by atoms with van der Waals surface area (Å²) in [7, 11) is -3.21. The number of hydrogen-bond acceptors (Lipinski definition) is 3. The third-order valence-corrected chi connectivity index (χ3v) is 5.72. The lowest BCUT2D eigenvalue weighted by Crippen LogP contribution is -2.47. The van der Waals surface area contributed by atoms with E-state index in [0.717, 1.165) is 6.42 Å². The highest BCUT2D eigenvalue weighted by molar-refractivity contribution is 7.89. The topological polar surface area (TPSA) is 66.5 Å². The summed E-state index contributed by atoms with van der Waals surface area (Å²) in [6, 6.07) is 6.80. The van der Waals surface area contributed by atoms with E-state index < -0.39 is 10.0 Å². The van der Waals surface area contributed by atoms with Crippen LogP contribution in [0.25, 0.3) is 0 Å². The van der Waals surface area contributed by atoms with Crippen LogP contribution in [0.4, 0.5) is 0 Å². The number of likely N-dealkylation sites (tertiary alicyclic amines) is 1. The van der Waals surface area contributed by atoms with Crippen molar-refractivity contribution in [1.29, 1.82) is 0 Å². The molecule has 1 aromatic carbocycles. The Kier molecular flexibility index (Phi) is 6.44. The first kappa shape index (κ1) is 18.2. The predicted octanol–water partition coefficient (Wildman–Crippen LogP) is 2.66. The number of unbranched alkanes of at least 4 members (excludes halogenated alkanes) is 1. The molecule has 1 aliphatic heterocycles. The number of hydrogen-bond donors (Lipinski definition) is 1. The lowest BCUT2D eigenvalue weighted by molar-refractivity contribution is 0.0711. The molecule has 0 unspecified atom stereocenters. The number of piperidine rings is 1. The molecule has 1 fully saturated rings. The van der Waals surface area contributed by atoms with Gasteiger partial charge < -0.3 is 4.90 Å². The molecule has 0 bridgehead atoms. The maximum atomic E-state index is 12.4. The first-order chi connectivity index (χ1) is 10.9. The molecule has 0 spiro atoms. The van der Waals surface area contributed by atoms with Crippen LogP contribution in [0.2, 0.25) is 5.02 Å². The van der Waals surface area contributed by atoms with Crippen molar-refractivity contribution in [3.63, 3.8) is 0 Å². The summed E-state index contributed by atoms with van der Waals surface area (Å²) in [5.74, 6) is 0.116. The van der Waals surface area contributed by atoms with Crippen molar-refractivity contribution in [1.82, 2.24) is 9.62 Å². The predicted molar refractivity (Wildman–Crippen MR) is 92.2 cm³/mol. The van der Waals surface area contributed by atoms with Crippen LogP contribution in [0.1, 0.15) is 43.0 Å². The molecule has 7 heteroatoms. The molecular formula is C16H23ClN2O3S. The van der Waals surface area contributed by atoms with Crippen LogP contribution in [-0.4, -0.2) is 44.1 Å². The van der Waals surface area contributed by atoms with Crippen LogP contribution in [-0.2, 0) is 10.0 Å². The molecule has 0 aromatic heterocycles. The first-order valence-electron chi connectivity index (χ1n) is 7.96. The van der Waals surface area contributed by atoms with Crippen LogP contribution in [0.5, 0.6) is 0 Å². The summed E-state index contributed by atoms with van der Waals surface area (Å²) < 4.78 is 26.6. The summed E-state index contributed by atoms with van der Waals surface area (Å²) in [6.45, 7) is 3.06. The van der Waals surface area contributed by atoms with Gasteiger partial charge in [0.2, 0.25) is 10.0 Å². The van der Waals surface area contributed by atoms with E-state index in [2.05, 4.69) is 4.72 Å². The summed E-state index contributed by atoms with van der Waals surface area (Å²) in [5.41, 5.74) is 0.569. The number of amides is 1. The van der Waals surface area contributed by atoms with Gasteiger partial charge in [-0.1, -0.05) is 31.0 Å². The van der Waals surface area contributed by atoms with Gasteiger partial charge in [0, 0.05) is 29.7 Å². The highest BCUT2D eigenvalue weighted by atomic mass is 35.5. The van der Waals surface area contributed by atoms with Gasteiger partial charge in [-0.2, -0.15) is 0 Å². The molecule has 1 N–H and O–H groups in total. The summed E-state index contributed by atoms with van der Waals surface area (Å²) in [5, 5.41) is 0.537. The van der Waals surface area contributed by atoms with E-state index in [1.807, 2.05) is 6.92 Å². The number of carbonyl (C=O) groups is 1. The highest BCUT2D eigenvalue weighted by Crippen LogP contribution is 2.17. The average Bonchev–Trinajstić information content (AvgIpc) is 2.53. The molecule has 1 heterocycles. The lowest BCUT2D eigenvalue weighted by Gasteiger charge is -2.32. The molecule has 5 nitrogen and oxygen atoms in total. The van der Waals surface area contributed by atoms with Gasteiger partial charge in [0.1, 0.15) is 0 Å². The zero-order chi connectivity index (χ0) is 16.9. The maximum absolute atomic E-state index is 12.4. The number of carbonyl (C=O) groups excluding carboxylic acids is 1. The van der Waals surface area contributed by atoms with Crippen LogP contribution in [0.3, 0.4) is 0 Å². The molecular weight excluding hydrogens is 336 g/mol. The Morgan fingerprint density at radius 1 is 1.35 bits per heavy atom. The largest absolute Gasteiger partial charge is 0.339 e. The molecule has 128 valence electrons. The smallest absolute Gasteiger partial charge is 0.253 e. The quantitative estimate of drug-likeness (QED) is 0.850. The van der Waals surface area contributed by atoms with Gasteiger partial charge in [0.05, 0.1) is 5.75 Å². The summed E-state index contributed by atoms with van der Waals surface area (Å²) in [4.78, 5) is 14.2. The minimum atomic E-state index is -3.21. The van der Waals surface area contributed by atoms with Crippen LogP contribution in [0, 0.1) is 0 Å². The minimum absolute atomic E-state index is 0.0557. The Labute approximate surface area is 143 Å². The molecule has 1 aromatic rings. The van der Waals surface area contributed by atoms with E-state index in [9.17, 15) is 13.2 Å². The van der Waals surface area contributed by atoms with Gasteiger partial charge in [0.25, 0.3) is 5.91 Å². The van der Waals surface area contributed by atoms with Crippen LogP contribution < -0.4 is 4.72 Å². The number of nitrogens with zero attached hydrogens (tertiary/aromatic N) is 1. The van der Waals surface area contributed by atoms with Crippen molar-refractivity contribution in [2.75, 3.05) is 18.8 Å². The van der Waals surface area contributed by atoms with E-state index in [1.165, 1.54) is 0 Å². The molecule has 1 aliphatic rings. The van der Waals surface area contributed by atoms with Gasteiger partial charge in [0.15, 0.2) is 0 Å². The minimum Gasteiger partial charge on any atom is -0.339 e. The second-order valence-electron chi connectivity index (χ2n) is 5.87. The standard InChI is InChI=1S/C16H23ClN2O3S/c1-2-3-11-23(21,22)18-15-7-9-19(10-8-15)16(20)13-5-4-6-14(17)12-13/h4-6,12,15,18H,2-3,7-11H2,1H3. The van der Waals surface area contributed by atoms with E-state index in [0.29, 0.717) is 42.9 Å². The fourth-order valence-corrected chi connectivity index (χ4v) is 4.37.